The number of likely N-dealkylation sites (tertiary alicyclic amines) is 1. The normalized spacial score (nSPS) is 16.9. The van der Waals surface area contributed by atoms with Crippen LogP contribution in [0.5, 0.6) is 5.75 Å². The number of thiophene rings is 1. The molecule has 1 aliphatic rings. The third-order valence-electron chi connectivity index (χ3n) is 6.90. The van der Waals surface area contributed by atoms with E-state index in [1.165, 1.54) is 10.4 Å². The minimum absolute atomic E-state index is 0.0656. The summed E-state index contributed by atoms with van der Waals surface area (Å²) in [5.41, 5.74) is 0.659. The number of hydrogen-bond acceptors (Lipinski definition) is 6. The number of thioether (sulfide) groups is 1. The van der Waals surface area contributed by atoms with Crippen LogP contribution in [0.4, 0.5) is 4.39 Å². The summed E-state index contributed by atoms with van der Waals surface area (Å²) in [7, 11) is 1.56. The van der Waals surface area contributed by atoms with Crippen molar-refractivity contribution in [3.8, 4) is 5.75 Å². The number of benzene rings is 1. The van der Waals surface area contributed by atoms with Gasteiger partial charge in [0.1, 0.15) is 11.9 Å². The predicted molar refractivity (Wildman–Crippen MR) is 142 cm³/mol. The van der Waals surface area contributed by atoms with Crippen LogP contribution in [-0.2, 0) is 4.79 Å². The number of nitrogens with zero attached hydrogens (tertiary/aromatic N) is 2. The zero-order valence-corrected chi connectivity index (χ0v) is 22.1. The Balaban J connectivity index is 1.40. The Morgan fingerprint density at radius 3 is 2.86 bits per heavy atom. The zero-order valence-electron chi connectivity index (χ0n) is 19.7. The molecule has 4 rings (SSSR count). The van der Waals surface area contributed by atoms with Crippen molar-refractivity contribution in [2.75, 3.05) is 32.5 Å². The first-order valence-corrected chi connectivity index (χ1v) is 14.0. The maximum Gasteiger partial charge on any atom is 0.303 e. The molecular weight excluding hydrogens is 507 g/mol. The monoisotopic (exact) mass is 536 g/mol. The van der Waals surface area contributed by atoms with E-state index < -0.39 is 17.6 Å². The molecule has 1 N–H and O–H groups in total. The minimum Gasteiger partial charge on any atom is -0.497 e. The van der Waals surface area contributed by atoms with Crippen LogP contribution in [0.3, 0.4) is 0 Å². The maximum atomic E-state index is 15.7. The number of ether oxygens (including phenoxy) is 1. The van der Waals surface area contributed by atoms with Crippen LogP contribution in [0, 0.1) is 5.41 Å². The number of carboxylic acid groups (broad SMARTS) is 1. The van der Waals surface area contributed by atoms with Crippen molar-refractivity contribution in [1.82, 2.24) is 9.88 Å². The molecule has 0 saturated carbocycles. The molecule has 1 saturated heterocycles. The fourth-order valence-corrected chi connectivity index (χ4v) is 7.03. The predicted octanol–water partition coefficient (Wildman–Crippen LogP) is 7.10. The molecule has 0 aliphatic carbocycles. The van der Waals surface area contributed by atoms with Crippen molar-refractivity contribution in [2.24, 2.45) is 5.41 Å². The number of piperidine rings is 1. The Kier molecular flexibility index (Phi) is 8.92. The Hall–Kier alpha value is -1.87. The largest absolute Gasteiger partial charge is 0.497 e. The van der Waals surface area contributed by atoms with Gasteiger partial charge in [0.2, 0.25) is 0 Å². The van der Waals surface area contributed by atoms with E-state index in [1.807, 2.05) is 11.8 Å². The summed E-state index contributed by atoms with van der Waals surface area (Å²) in [6.07, 6.45) is 2.47. The summed E-state index contributed by atoms with van der Waals surface area (Å²) in [5, 5.41) is 12.6. The third-order valence-corrected chi connectivity index (χ3v) is 9.31. The van der Waals surface area contributed by atoms with Gasteiger partial charge in [-0.05, 0) is 73.8 Å². The highest BCUT2D eigenvalue weighted by atomic mass is 35.5. The van der Waals surface area contributed by atoms with E-state index >= 15 is 4.39 Å². The van der Waals surface area contributed by atoms with Crippen LogP contribution >= 0.6 is 34.7 Å². The van der Waals surface area contributed by atoms with Crippen LogP contribution in [0.1, 0.15) is 43.8 Å². The van der Waals surface area contributed by atoms with Crippen molar-refractivity contribution in [1.29, 1.82) is 0 Å². The summed E-state index contributed by atoms with van der Waals surface area (Å²) in [5.74, 6) is 0.803. The quantitative estimate of drug-likeness (QED) is 0.264. The summed E-state index contributed by atoms with van der Waals surface area (Å²) in [4.78, 5) is 18.4. The van der Waals surface area contributed by atoms with Gasteiger partial charge in [0, 0.05) is 29.4 Å². The number of aromatic nitrogens is 1. The SMILES string of the molecule is COc1ccc2ncc(Cl)c([C@@H](F)CCC3(CC(=O)O)CCN(CCSc4cccs4)CC3)c2c1. The second kappa shape index (κ2) is 11.9. The van der Waals surface area contributed by atoms with Crippen LogP contribution in [0.25, 0.3) is 10.9 Å². The minimum atomic E-state index is -1.31. The van der Waals surface area contributed by atoms with E-state index in [-0.39, 0.29) is 17.9 Å². The molecule has 0 amide bonds. The summed E-state index contributed by atoms with van der Waals surface area (Å²) >= 11 is 10.00. The average molecular weight is 537 g/mol. The highest BCUT2D eigenvalue weighted by Crippen LogP contribution is 2.44. The number of pyridine rings is 1. The van der Waals surface area contributed by atoms with E-state index in [0.29, 0.717) is 28.6 Å². The molecule has 188 valence electrons. The molecule has 0 spiro atoms. The lowest BCUT2D eigenvalue weighted by molar-refractivity contribution is -0.141. The number of halogens is 2. The van der Waals surface area contributed by atoms with E-state index in [2.05, 4.69) is 27.4 Å². The van der Waals surface area contributed by atoms with Gasteiger partial charge in [-0.3, -0.25) is 9.78 Å². The Labute approximate surface area is 218 Å². The Morgan fingerprint density at radius 2 is 2.17 bits per heavy atom. The first kappa shape index (κ1) is 26.2. The molecule has 3 heterocycles. The van der Waals surface area contributed by atoms with Gasteiger partial charge in [0.25, 0.3) is 0 Å². The van der Waals surface area contributed by atoms with Crippen LogP contribution in [0.2, 0.25) is 5.02 Å². The molecule has 0 radical (unpaired) electrons. The molecule has 1 aliphatic heterocycles. The smallest absolute Gasteiger partial charge is 0.303 e. The number of methoxy groups -OCH3 is 1. The molecule has 1 fully saturated rings. The van der Waals surface area contributed by atoms with Gasteiger partial charge in [-0.1, -0.05) is 17.7 Å². The molecule has 5 nitrogen and oxygen atoms in total. The number of carboxylic acids is 1. The summed E-state index contributed by atoms with van der Waals surface area (Å²) in [6.45, 7) is 2.65. The lowest BCUT2D eigenvalue weighted by atomic mass is 9.71. The van der Waals surface area contributed by atoms with Crippen molar-refractivity contribution in [2.45, 2.75) is 42.5 Å². The van der Waals surface area contributed by atoms with Gasteiger partial charge in [-0.2, -0.15) is 0 Å². The summed E-state index contributed by atoms with van der Waals surface area (Å²) in [6, 6.07) is 9.53. The summed E-state index contributed by atoms with van der Waals surface area (Å²) < 4.78 is 22.3. The molecule has 3 aromatic rings. The molecule has 9 heteroatoms. The number of fused-ring (bicyclic) bond motifs is 1. The lowest BCUT2D eigenvalue weighted by Crippen LogP contribution is -2.42. The van der Waals surface area contributed by atoms with Crippen LogP contribution < -0.4 is 4.74 Å². The van der Waals surface area contributed by atoms with E-state index in [9.17, 15) is 9.90 Å². The first-order valence-electron chi connectivity index (χ1n) is 11.8. The number of alkyl halides is 1. The van der Waals surface area contributed by atoms with Gasteiger partial charge >= 0.3 is 5.97 Å². The molecule has 1 aromatic carbocycles. The fourth-order valence-electron chi connectivity index (χ4n) is 4.90. The van der Waals surface area contributed by atoms with E-state index in [0.717, 1.165) is 38.2 Å². The fraction of sp³-hybridized carbons (Fsp3) is 0.462. The number of hydrogen-bond donors (Lipinski definition) is 1. The number of aliphatic carboxylic acids is 1. The molecule has 2 aromatic heterocycles. The van der Waals surface area contributed by atoms with Gasteiger partial charge in [0.15, 0.2) is 0 Å². The highest BCUT2D eigenvalue weighted by molar-refractivity contribution is 8.01. The molecular formula is C26H30ClFN2O3S2. The van der Waals surface area contributed by atoms with Gasteiger partial charge < -0.3 is 14.7 Å². The molecule has 0 bridgehead atoms. The Bertz CT molecular complexity index is 1140. The van der Waals surface area contributed by atoms with Crippen molar-refractivity contribution >= 4 is 51.6 Å². The second-order valence-electron chi connectivity index (χ2n) is 9.10. The van der Waals surface area contributed by atoms with Crippen molar-refractivity contribution < 1.29 is 19.0 Å². The standard InChI is InChI=1S/C26H30ClFN2O3S2/c1-33-18-4-5-22-19(15-18)25(20(27)17-29-22)21(28)6-7-26(16-23(31)32)8-10-30(11-9-26)12-14-35-24-3-2-13-34-24/h2-5,13,15,17,21H,6-12,14,16H2,1H3,(H,31,32)/t21-/m0/s1. The first-order chi connectivity index (χ1) is 16.9. The Morgan fingerprint density at radius 1 is 1.37 bits per heavy atom. The molecule has 1 atom stereocenters. The second-order valence-corrected chi connectivity index (χ2v) is 11.9. The van der Waals surface area contributed by atoms with Gasteiger partial charge in [-0.25, -0.2) is 4.39 Å². The zero-order chi connectivity index (χ0) is 24.8. The average Bonchev–Trinajstić information content (AvgIpc) is 3.36. The van der Waals surface area contributed by atoms with Crippen LogP contribution in [-0.4, -0.2) is 53.5 Å². The highest BCUT2D eigenvalue weighted by Gasteiger charge is 2.37. The molecule has 35 heavy (non-hydrogen) atoms. The van der Waals surface area contributed by atoms with Crippen LogP contribution in [0.15, 0.2) is 46.1 Å². The number of rotatable bonds is 11. The van der Waals surface area contributed by atoms with Gasteiger partial charge in [0.05, 0.1) is 28.3 Å². The molecule has 0 unspecified atom stereocenters. The maximum absolute atomic E-state index is 15.7. The third kappa shape index (κ3) is 6.67. The van der Waals surface area contributed by atoms with E-state index in [1.54, 1.807) is 36.6 Å². The number of carbonyl (C=O) groups is 1. The van der Waals surface area contributed by atoms with Gasteiger partial charge in [-0.15, -0.1) is 23.1 Å². The topological polar surface area (TPSA) is 62.7 Å². The van der Waals surface area contributed by atoms with Crippen molar-refractivity contribution in [3.05, 3.63) is 52.5 Å². The van der Waals surface area contributed by atoms with Crippen molar-refractivity contribution in [3.63, 3.8) is 0 Å². The lowest BCUT2D eigenvalue weighted by Gasteiger charge is -2.41. The van der Waals surface area contributed by atoms with E-state index in [4.69, 9.17) is 16.3 Å².